The van der Waals surface area contributed by atoms with Crippen molar-refractivity contribution in [3.8, 4) is 11.3 Å². The van der Waals surface area contributed by atoms with Gasteiger partial charge in [0.05, 0.1) is 5.69 Å². The van der Waals surface area contributed by atoms with Crippen molar-refractivity contribution in [2.75, 3.05) is 19.6 Å². The van der Waals surface area contributed by atoms with Crippen LogP contribution in [0.25, 0.3) is 16.1 Å². The molecule has 0 saturated carbocycles. The molecule has 1 saturated heterocycles. The number of likely N-dealkylation sites (tertiary alicyclic amines) is 1. The molecule has 1 aliphatic rings. The molecule has 0 unspecified atom stereocenters. The molecule has 0 atom stereocenters. The first-order valence-electron chi connectivity index (χ1n) is 9.48. The molecule has 4 heteroatoms. The summed E-state index contributed by atoms with van der Waals surface area (Å²) in [7, 11) is 1.94. The number of rotatable bonds is 4. The highest BCUT2D eigenvalue weighted by Crippen LogP contribution is 2.47. The van der Waals surface area contributed by atoms with Gasteiger partial charge >= 0.3 is 0 Å². The third kappa shape index (κ3) is 3.83. The van der Waals surface area contributed by atoms with Crippen molar-refractivity contribution in [1.82, 2.24) is 14.7 Å². The van der Waals surface area contributed by atoms with Crippen molar-refractivity contribution >= 4 is 0 Å². The lowest BCUT2D eigenvalue weighted by atomic mass is 9.61. The zero-order valence-corrected chi connectivity index (χ0v) is 16.5. The number of aromatic nitrogens is 2. The minimum absolute atomic E-state index is 0.161. The van der Waals surface area contributed by atoms with E-state index in [-0.39, 0.29) is 10.8 Å². The van der Waals surface area contributed by atoms with Crippen molar-refractivity contribution < 1.29 is 0 Å². The predicted octanol–water partition coefficient (Wildman–Crippen LogP) is 4.63. The van der Waals surface area contributed by atoms with Crippen LogP contribution in [0.3, 0.4) is 0 Å². The number of hydrogen-bond donors (Lipinski definition) is 0. The highest BCUT2D eigenvalue weighted by atomic mass is 15.2. The van der Waals surface area contributed by atoms with E-state index in [1.807, 2.05) is 24.0 Å². The predicted molar refractivity (Wildman–Crippen MR) is 107 cm³/mol. The Labute approximate surface area is 157 Å². The molecule has 4 nitrogen and oxygen atoms in total. The van der Waals surface area contributed by atoms with Crippen molar-refractivity contribution in [2.24, 2.45) is 17.9 Å². The second-order valence-corrected chi connectivity index (χ2v) is 8.69. The molecule has 1 aliphatic heterocycles. The lowest BCUT2D eigenvalue weighted by molar-refractivity contribution is 0.0173. The second-order valence-electron chi connectivity index (χ2n) is 8.69. The lowest BCUT2D eigenvalue weighted by Gasteiger charge is -2.46. The van der Waals surface area contributed by atoms with Gasteiger partial charge < -0.3 is 4.85 Å². The Morgan fingerprint density at radius 1 is 1.12 bits per heavy atom. The fourth-order valence-corrected chi connectivity index (χ4v) is 4.04. The number of aryl methyl sites for hydroxylation is 1. The van der Waals surface area contributed by atoms with Crippen LogP contribution in [0.15, 0.2) is 36.5 Å². The van der Waals surface area contributed by atoms with Gasteiger partial charge in [-0.1, -0.05) is 45.0 Å². The van der Waals surface area contributed by atoms with Crippen molar-refractivity contribution in [1.29, 1.82) is 0 Å². The minimum Gasteiger partial charge on any atom is -0.316 e. The molecule has 0 amide bonds. The zero-order valence-electron chi connectivity index (χ0n) is 16.5. The molecule has 138 valence electrons. The standard InChI is InChI=1S/C22H30N4/c1-21(2,3)22(17-23-4)11-14-26(15-12-22)16-18-6-8-19(9-7-18)20-10-13-25(5)24-20/h6-10,13H,11-12,14-17H2,1-3,5H3. The van der Waals surface area contributed by atoms with Gasteiger partial charge in [0.2, 0.25) is 6.54 Å². The molecular formula is C22H30N4. The maximum absolute atomic E-state index is 7.37. The fourth-order valence-electron chi connectivity index (χ4n) is 4.04. The van der Waals surface area contributed by atoms with E-state index in [0.29, 0.717) is 6.54 Å². The van der Waals surface area contributed by atoms with E-state index in [0.717, 1.165) is 43.7 Å². The van der Waals surface area contributed by atoms with Crippen LogP contribution in [0.4, 0.5) is 0 Å². The van der Waals surface area contributed by atoms with Gasteiger partial charge in [-0.15, -0.1) is 0 Å². The SMILES string of the molecule is [C-]#[N+]CC1(C(C)(C)C)CCN(Cc2ccc(-c3ccn(C)n3)cc2)CC1. The summed E-state index contributed by atoms with van der Waals surface area (Å²) in [6.07, 6.45) is 4.21. The molecule has 1 fully saturated rings. The molecule has 0 spiro atoms. The Bertz CT molecular complexity index is 766. The first-order chi connectivity index (χ1) is 12.3. The first kappa shape index (κ1) is 18.7. The van der Waals surface area contributed by atoms with Gasteiger partial charge in [-0.3, -0.25) is 9.58 Å². The molecule has 2 aromatic rings. The van der Waals surface area contributed by atoms with Crippen LogP contribution < -0.4 is 0 Å². The monoisotopic (exact) mass is 350 g/mol. The van der Waals surface area contributed by atoms with Gasteiger partial charge in [-0.25, -0.2) is 6.57 Å². The van der Waals surface area contributed by atoms with E-state index in [2.05, 4.69) is 59.9 Å². The summed E-state index contributed by atoms with van der Waals surface area (Å²) >= 11 is 0. The molecule has 26 heavy (non-hydrogen) atoms. The van der Waals surface area contributed by atoms with Gasteiger partial charge in [0.25, 0.3) is 0 Å². The summed E-state index contributed by atoms with van der Waals surface area (Å²) in [4.78, 5) is 6.30. The molecule has 2 heterocycles. The molecule has 0 N–H and O–H groups in total. The minimum atomic E-state index is 0.161. The molecule has 0 bridgehead atoms. The van der Waals surface area contributed by atoms with E-state index < -0.39 is 0 Å². The topological polar surface area (TPSA) is 25.4 Å². The van der Waals surface area contributed by atoms with E-state index in [4.69, 9.17) is 6.57 Å². The maximum Gasteiger partial charge on any atom is 0.220 e. The van der Waals surface area contributed by atoms with Crippen LogP contribution in [-0.2, 0) is 13.6 Å². The Balaban J connectivity index is 1.62. The maximum atomic E-state index is 7.37. The van der Waals surface area contributed by atoms with Gasteiger partial charge in [0.1, 0.15) is 0 Å². The van der Waals surface area contributed by atoms with Gasteiger partial charge in [-0.2, -0.15) is 5.10 Å². The first-order valence-corrected chi connectivity index (χ1v) is 9.48. The summed E-state index contributed by atoms with van der Waals surface area (Å²) in [5, 5.41) is 4.46. The van der Waals surface area contributed by atoms with Crippen LogP contribution in [0.5, 0.6) is 0 Å². The highest BCUT2D eigenvalue weighted by molar-refractivity contribution is 5.58. The zero-order chi connectivity index (χ0) is 18.8. The molecule has 1 aromatic heterocycles. The van der Waals surface area contributed by atoms with Gasteiger partial charge in [0, 0.05) is 30.8 Å². The molecule has 1 aromatic carbocycles. The number of piperidine rings is 1. The highest BCUT2D eigenvalue weighted by Gasteiger charge is 2.46. The van der Waals surface area contributed by atoms with Crippen molar-refractivity contribution in [2.45, 2.75) is 40.2 Å². The Morgan fingerprint density at radius 3 is 2.27 bits per heavy atom. The van der Waals surface area contributed by atoms with Crippen LogP contribution in [0.1, 0.15) is 39.2 Å². The molecule has 0 radical (unpaired) electrons. The number of benzene rings is 1. The van der Waals surface area contributed by atoms with Crippen LogP contribution in [0, 0.1) is 17.4 Å². The second kappa shape index (κ2) is 7.25. The third-order valence-corrected chi connectivity index (χ3v) is 6.16. The smallest absolute Gasteiger partial charge is 0.220 e. The summed E-state index contributed by atoms with van der Waals surface area (Å²) in [6, 6.07) is 10.8. The summed E-state index contributed by atoms with van der Waals surface area (Å²) < 4.78 is 1.83. The fraction of sp³-hybridized carbons (Fsp3) is 0.545. The average Bonchev–Trinajstić information content (AvgIpc) is 3.03. The van der Waals surface area contributed by atoms with Crippen LogP contribution in [0.2, 0.25) is 0 Å². The van der Waals surface area contributed by atoms with Crippen molar-refractivity contribution in [3.05, 3.63) is 53.5 Å². The van der Waals surface area contributed by atoms with E-state index >= 15 is 0 Å². The molecular weight excluding hydrogens is 320 g/mol. The summed E-state index contributed by atoms with van der Waals surface area (Å²) in [6.45, 7) is 18.1. The van der Waals surface area contributed by atoms with E-state index in [1.54, 1.807) is 0 Å². The lowest BCUT2D eigenvalue weighted by Crippen LogP contribution is -2.47. The summed E-state index contributed by atoms with van der Waals surface area (Å²) in [5.74, 6) is 0. The third-order valence-electron chi connectivity index (χ3n) is 6.16. The van der Waals surface area contributed by atoms with Crippen LogP contribution >= 0.6 is 0 Å². The van der Waals surface area contributed by atoms with Crippen LogP contribution in [-0.4, -0.2) is 34.3 Å². The van der Waals surface area contributed by atoms with E-state index in [9.17, 15) is 0 Å². The Morgan fingerprint density at radius 2 is 1.77 bits per heavy atom. The average molecular weight is 351 g/mol. The van der Waals surface area contributed by atoms with Gasteiger partial charge in [0.15, 0.2) is 0 Å². The molecule has 3 rings (SSSR count). The Kier molecular flexibility index (Phi) is 5.20. The van der Waals surface area contributed by atoms with Crippen molar-refractivity contribution in [3.63, 3.8) is 0 Å². The normalized spacial score (nSPS) is 17.8. The van der Waals surface area contributed by atoms with Gasteiger partial charge in [-0.05, 0) is 43.0 Å². The Hall–Kier alpha value is -2.12. The number of hydrogen-bond acceptors (Lipinski definition) is 2. The largest absolute Gasteiger partial charge is 0.316 e. The summed E-state index contributed by atoms with van der Waals surface area (Å²) in [5.41, 5.74) is 3.88. The number of nitrogens with zero attached hydrogens (tertiary/aromatic N) is 4. The molecule has 0 aliphatic carbocycles. The quantitative estimate of drug-likeness (QED) is 0.751. The van der Waals surface area contributed by atoms with E-state index in [1.165, 1.54) is 5.56 Å².